The summed E-state index contributed by atoms with van der Waals surface area (Å²) in [5, 5.41) is 7.60. The van der Waals surface area contributed by atoms with Crippen LogP contribution >= 0.6 is 0 Å². The van der Waals surface area contributed by atoms with Crippen molar-refractivity contribution < 1.29 is 31.0 Å². The van der Waals surface area contributed by atoms with Crippen LogP contribution in [0.5, 0.6) is 0 Å². The second kappa shape index (κ2) is 4.90. The molecule has 0 fully saturated rings. The number of carboxylic acid groups (broad SMARTS) is 1. The topological polar surface area (TPSA) is 37.3 Å². The van der Waals surface area contributed by atoms with Crippen LogP contribution in [-0.2, 0) is 25.9 Å². The van der Waals surface area contributed by atoms with Crippen LogP contribution in [0.1, 0.15) is 0 Å². The zero-order valence-corrected chi connectivity index (χ0v) is 5.23. The largest absolute Gasteiger partial charge is 0.478 e. The van der Waals surface area contributed by atoms with E-state index in [2.05, 4.69) is 6.58 Å². The van der Waals surface area contributed by atoms with Gasteiger partial charge >= 0.3 is 5.97 Å². The second-order valence-corrected chi connectivity index (χ2v) is 0.542. The molecule has 0 saturated heterocycles. The first-order valence-corrected chi connectivity index (χ1v) is 1.12. The third-order valence-corrected chi connectivity index (χ3v) is 0.175. The van der Waals surface area contributed by atoms with E-state index in [9.17, 15) is 4.79 Å². The van der Waals surface area contributed by atoms with Crippen LogP contribution in [0.15, 0.2) is 12.7 Å². The molecule has 0 radical (unpaired) electrons. The predicted octanol–water partition coefficient (Wildman–Crippen LogP) is 0.254. The van der Waals surface area contributed by atoms with Gasteiger partial charge in [-0.2, -0.15) is 0 Å². The minimum Gasteiger partial charge on any atom is -0.478 e. The quantitative estimate of drug-likeness (QED) is 0.692. The molecular weight excluding hydrogens is 263 g/mol. The molecule has 0 spiro atoms. The Morgan fingerprint density at radius 3 is 2.00 bits per heavy atom. The summed E-state index contributed by atoms with van der Waals surface area (Å²) in [6.07, 6.45) is 0.833. The van der Waals surface area contributed by atoms with Crippen molar-refractivity contribution >= 4 is 5.97 Å². The fourth-order valence-corrected chi connectivity index (χ4v) is 0. The summed E-state index contributed by atoms with van der Waals surface area (Å²) in [6.45, 7) is 2.96. The van der Waals surface area contributed by atoms with Crippen LogP contribution in [0, 0.1) is 0 Å². The zero-order chi connectivity index (χ0) is 4.28. The van der Waals surface area contributed by atoms with Gasteiger partial charge in [-0.1, -0.05) is 6.58 Å². The molecule has 3 heteroatoms. The van der Waals surface area contributed by atoms with Crippen molar-refractivity contribution in [3.8, 4) is 0 Å². The zero-order valence-electron chi connectivity index (χ0n) is 2.96. The van der Waals surface area contributed by atoms with Crippen LogP contribution in [0.25, 0.3) is 0 Å². The van der Waals surface area contributed by atoms with E-state index in [0.29, 0.717) is 0 Å². The standard InChI is InChI=1S/C3H4O2.Pt/c1-2-3(4)5;/h2H,1H2,(H,4,5);. The summed E-state index contributed by atoms with van der Waals surface area (Å²) in [6, 6.07) is 0. The number of carboxylic acids is 1. The maximum absolute atomic E-state index is 9.25. The Kier molecular flexibility index (Phi) is 7.60. The van der Waals surface area contributed by atoms with E-state index >= 15 is 0 Å². The Bertz CT molecular complexity index is 59.8. The van der Waals surface area contributed by atoms with E-state index in [1.165, 1.54) is 0 Å². The first-order valence-electron chi connectivity index (χ1n) is 1.12. The number of hydrogen-bond donors (Lipinski definition) is 1. The minimum atomic E-state index is -0.981. The number of carbonyl (C=O) groups is 1. The van der Waals surface area contributed by atoms with Crippen molar-refractivity contribution in [2.24, 2.45) is 0 Å². The van der Waals surface area contributed by atoms with Gasteiger partial charge in [0.15, 0.2) is 0 Å². The van der Waals surface area contributed by atoms with Gasteiger partial charge < -0.3 is 5.11 Å². The van der Waals surface area contributed by atoms with Gasteiger partial charge in [-0.3, -0.25) is 0 Å². The van der Waals surface area contributed by atoms with Crippen molar-refractivity contribution in [2.75, 3.05) is 0 Å². The molecule has 0 amide bonds. The SMILES string of the molecule is C=CC(=O)O.[Pt]. The third kappa shape index (κ3) is 9.09. The molecule has 0 atom stereocenters. The summed E-state index contributed by atoms with van der Waals surface area (Å²) in [5.74, 6) is -0.981. The van der Waals surface area contributed by atoms with Gasteiger partial charge in [-0.15, -0.1) is 0 Å². The van der Waals surface area contributed by atoms with Crippen LogP contribution in [0.3, 0.4) is 0 Å². The predicted molar refractivity (Wildman–Crippen MR) is 17.8 cm³/mol. The summed E-state index contributed by atoms with van der Waals surface area (Å²) in [4.78, 5) is 9.25. The maximum atomic E-state index is 9.25. The molecule has 0 rings (SSSR count). The molecule has 2 nitrogen and oxygen atoms in total. The molecule has 0 aromatic heterocycles. The van der Waals surface area contributed by atoms with Crippen molar-refractivity contribution in [3.05, 3.63) is 12.7 Å². The second-order valence-electron chi connectivity index (χ2n) is 0.542. The average Bonchev–Trinajstić information content (AvgIpc) is 1.38. The van der Waals surface area contributed by atoms with Crippen molar-refractivity contribution in [1.82, 2.24) is 0 Å². The van der Waals surface area contributed by atoms with Gasteiger partial charge in [0.25, 0.3) is 0 Å². The van der Waals surface area contributed by atoms with E-state index in [1.807, 2.05) is 0 Å². The van der Waals surface area contributed by atoms with E-state index in [-0.39, 0.29) is 21.1 Å². The summed E-state index contributed by atoms with van der Waals surface area (Å²) < 4.78 is 0. The monoisotopic (exact) mass is 267 g/mol. The van der Waals surface area contributed by atoms with Gasteiger partial charge in [0.05, 0.1) is 0 Å². The molecule has 0 bridgehead atoms. The molecule has 1 N–H and O–H groups in total. The molecule has 0 saturated carbocycles. The van der Waals surface area contributed by atoms with Crippen LogP contribution in [-0.4, -0.2) is 11.1 Å². The molecule has 0 aliphatic carbocycles. The molecule has 0 unspecified atom stereocenters. The van der Waals surface area contributed by atoms with E-state index < -0.39 is 5.97 Å². The van der Waals surface area contributed by atoms with Crippen LogP contribution < -0.4 is 0 Å². The van der Waals surface area contributed by atoms with Gasteiger partial charge in [-0.05, 0) is 0 Å². The number of rotatable bonds is 1. The molecule has 38 valence electrons. The molecule has 0 aliphatic rings. The van der Waals surface area contributed by atoms with Crippen molar-refractivity contribution in [1.29, 1.82) is 0 Å². The van der Waals surface area contributed by atoms with Crippen LogP contribution in [0.4, 0.5) is 0 Å². The Balaban J connectivity index is 0. The van der Waals surface area contributed by atoms with E-state index in [0.717, 1.165) is 6.08 Å². The fraction of sp³-hybridized carbons (Fsp3) is 0. The van der Waals surface area contributed by atoms with Gasteiger partial charge in [0.1, 0.15) is 0 Å². The minimum absolute atomic E-state index is 0. The van der Waals surface area contributed by atoms with Crippen LogP contribution in [0.2, 0.25) is 0 Å². The smallest absolute Gasteiger partial charge is 0.327 e. The van der Waals surface area contributed by atoms with E-state index in [4.69, 9.17) is 5.11 Å². The third-order valence-electron chi connectivity index (χ3n) is 0.175. The Morgan fingerprint density at radius 2 is 2.00 bits per heavy atom. The molecular formula is C3H4O2Pt. The van der Waals surface area contributed by atoms with Crippen molar-refractivity contribution in [3.63, 3.8) is 0 Å². The normalized spacial score (nSPS) is 5.33. The first kappa shape index (κ1) is 9.31. The summed E-state index contributed by atoms with van der Waals surface area (Å²) in [7, 11) is 0. The molecule has 0 aromatic rings. The van der Waals surface area contributed by atoms with Crippen molar-refractivity contribution in [2.45, 2.75) is 0 Å². The molecule has 0 heterocycles. The Morgan fingerprint density at radius 1 is 1.83 bits per heavy atom. The van der Waals surface area contributed by atoms with Gasteiger partial charge in [-0.25, -0.2) is 4.79 Å². The van der Waals surface area contributed by atoms with Gasteiger partial charge in [0.2, 0.25) is 0 Å². The Labute approximate surface area is 50.1 Å². The van der Waals surface area contributed by atoms with Gasteiger partial charge in [0, 0.05) is 27.1 Å². The summed E-state index contributed by atoms with van der Waals surface area (Å²) >= 11 is 0. The Hall–Kier alpha value is -0.102. The number of hydrogen-bond acceptors (Lipinski definition) is 1. The van der Waals surface area contributed by atoms with E-state index in [1.54, 1.807) is 0 Å². The summed E-state index contributed by atoms with van der Waals surface area (Å²) in [5.41, 5.74) is 0. The maximum Gasteiger partial charge on any atom is 0.327 e. The molecule has 0 aliphatic heterocycles. The average molecular weight is 267 g/mol. The number of aliphatic carboxylic acids is 1. The molecule has 6 heavy (non-hydrogen) atoms. The fourth-order valence-electron chi connectivity index (χ4n) is 0. The molecule has 0 aromatic carbocycles. The first-order chi connectivity index (χ1) is 2.27.